The molecule has 7 rings (SSSR count). The SMILES string of the molecule is Nc1nc(=O)n(-c2nc3ccccc3n([C@@H]3C[C@H]4CCC[C@@H](C3)N4[C@@H]3C[C@@H]4CCCC[C@@H](C4)C3)c2=O)cc1F. The second kappa shape index (κ2) is 9.84. The number of piperidine rings is 2. The highest BCUT2D eigenvalue weighted by Gasteiger charge is 2.45. The number of fused-ring (bicyclic) bond motifs is 5. The van der Waals surface area contributed by atoms with Gasteiger partial charge in [-0.05, 0) is 68.9 Å². The molecule has 2 aliphatic carbocycles. The van der Waals surface area contributed by atoms with Gasteiger partial charge < -0.3 is 10.3 Å². The van der Waals surface area contributed by atoms with E-state index in [1.807, 2.05) is 28.8 Å². The Labute approximate surface area is 227 Å². The summed E-state index contributed by atoms with van der Waals surface area (Å²) >= 11 is 0. The normalized spacial score (nSPS) is 31.2. The van der Waals surface area contributed by atoms with Gasteiger partial charge in [0.25, 0.3) is 5.56 Å². The summed E-state index contributed by atoms with van der Waals surface area (Å²) in [6, 6.07) is 9.08. The van der Waals surface area contributed by atoms with Crippen LogP contribution in [0.3, 0.4) is 0 Å². The number of halogens is 1. The zero-order chi connectivity index (χ0) is 26.7. The van der Waals surface area contributed by atoms with Crippen LogP contribution in [0.15, 0.2) is 40.1 Å². The molecule has 2 aliphatic heterocycles. The first kappa shape index (κ1) is 24.9. The van der Waals surface area contributed by atoms with Crippen LogP contribution in [0.1, 0.15) is 83.1 Å². The van der Waals surface area contributed by atoms with Gasteiger partial charge in [-0.1, -0.05) is 44.2 Å². The Morgan fingerprint density at radius 2 is 1.49 bits per heavy atom. The lowest BCUT2D eigenvalue weighted by Gasteiger charge is -2.54. The molecule has 0 spiro atoms. The topological polar surface area (TPSA) is 99.0 Å². The van der Waals surface area contributed by atoms with Gasteiger partial charge in [0.2, 0.25) is 5.82 Å². The van der Waals surface area contributed by atoms with E-state index in [4.69, 9.17) is 5.73 Å². The number of hydrogen-bond acceptors (Lipinski definition) is 6. The number of rotatable bonds is 3. The van der Waals surface area contributed by atoms with Crippen molar-refractivity contribution in [2.24, 2.45) is 11.8 Å². The molecule has 0 amide bonds. The van der Waals surface area contributed by atoms with Crippen LogP contribution in [0.25, 0.3) is 16.9 Å². The molecule has 2 saturated heterocycles. The lowest BCUT2D eigenvalue weighted by Crippen LogP contribution is -2.58. The van der Waals surface area contributed by atoms with E-state index < -0.39 is 17.3 Å². The first-order valence-electron chi connectivity index (χ1n) is 14.8. The Balaban J connectivity index is 1.27. The van der Waals surface area contributed by atoms with Gasteiger partial charge in [0.1, 0.15) is 0 Å². The number of nitrogen functional groups attached to an aromatic ring is 1. The molecule has 39 heavy (non-hydrogen) atoms. The Bertz CT molecular complexity index is 1490. The zero-order valence-corrected chi connectivity index (χ0v) is 22.3. The van der Waals surface area contributed by atoms with E-state index in [0.29, 0.717) is 23.6 Å². The minimum absolute atomic E-state index is 0.0103. The molecular formula is C30H37FN6O2. The number of para-hydroxylation sites is 2. The number of nitrogens with two attached hydrogens (primary N) is 1. The monoisotopic (exact) mass is 532 g/mol. The average Bonchev–Trinajstić information content (AvgIpc) is 3.09. The maximum absolute atomic E-state index is 14.3. The second-order valence-corrected chi connectivity index (χ2v) is 12.4. The Morgan fingerprint density at radius 3 is 2.21 bits per heavy atom. The van der Waals surface area contributed by atoms with E-state index in [0.717, 1.165) is 53.8 Å². The van der Waals surface area contributed by atoms with Crippen molar-refractivity contribution in [2.45, 2.75) is 101 Å². The van der Waals surface area contributed by atoms with E-state index in [-0.39, 0.29) is 17.4 Å². The van der Waals surface area contributed by atoms with Crippen LogP contribution in [0.2, 0.25) is 0 Å². The quantitative estimate of drug-likeness (QED) is 0.530. The van der Waals surface area contributed by atoms with Crippen molar-refractivity contribution < 1.29 is 4.39 Å². The van der Waals surface area contributed by atoms with Crippen LogP contribution < -0.4 is 17.0 Å². The van der Waals surface area contributed by atoms with E-state index in [1.54, 1.807) is 0 Å². The standard InChI is InChI=1S/C30H37FN6O2/c31-24-17-35(30(39)34-27(24)32)28-29(38)37(26-11-4-3-10-25(26)33-28)23-15-20-8-5-9-21(16-23)36(20)22-13-18-6-1-2-7-19(12-18)14-22/h3-4,10-11,17-23H,1-2,5-9,12-16H2,(H2,32,34,39)/t18-,19+,20-,21+,22-,23-. The molecule has 206 valence electrons. The van der Waals surface area contributed by atoms with Crippen LogP contribution in [0.5, 0.6) is 0 Å². The molecule has 9 heteroatoms. The van der Waals surface area contributed by atoms with Crippen LogP contribution in [0, 0.1) is 17.7 Å². The van der Waals surface area contributed by atoms with Gasteiger partial charge in [-0.15, -0.1) is 0 Å². The smallest absolute Gasteiger partial charge is 0.355 e. The molecule has 4 fully saturated rings. The molecule has 2 N–H and O–H groups in total. The fourth-order valence-electron chi connectivity index (χ4n) is 8.56. The van der Waals surface area contributed by atoms with Crippen molar-refractivity contribution in [2.75, 3.05) is 5.73 Å². The van der Waals surface area contributed by atoms with Gasteiger partial charge in [-0.25, -0.2) is 18.7 Å². The second-order valence-electron chi connectivity index (χ2n) is 12.4. The third kappa shape index (κ3) is 4.39. The summed E-state index contributed by atoms with van der Waals surface area (Å²) < 4.78 is 17.1. The Morgan fingerprint density at radius 1 is 0.795 bits per heavy atom. The van der Waals surface area contributed by atoms with Gasteiger partial charge in [0.05, 0.1) is 17.2 Å². The highest BCUT2D eigenvalue weighted by Crippen LogP contribution is 2.47. The van der Waals surface area contributed by atoms with E-state index >= 15 is 0 Å². The maximum atomic E-state index is 14.3. The average molecular weight is 533 g/mol. The highest BCUT2D eigenvalue weighted by molar-refractivity contribution is 5.75. The van der Waals surface area contributed by atoms with Crippen molar-refractivity contribution in [1.29, 1.82) is 0 Å². The van der Waals surface area contributed by atoms with Gasteiger partial charge >= 0.3 is 5.69 Å². The van der Waals surface area contributed by atoms with Crippen molar-refractivity contribution in [3.8, 4) is 5.82 Å². The third-order valence-corrected chi connectivity index (χ3v) is 10.1. The summed E-state index contributed by atoms with van der Waals surface area (Å²) in [6.07, 6.45) is 15.9. The van der Waals surface area contributed by atoms with Gasteiger partial charge in [-0.2, -0.15) is 4.98 Å². The lowest BCUT2D eigenvalue weighted by atomic mass is 9.73. The molecule has 3 aromatic rings. The van der Waals surface area contributed by atoms with E-state index in [9.17, 15) is 14.0 Å². The molecule has 2 saturated carbocycles. The molecule has 4 bridgehead atoms. The van der Waals surface area contributed by atoms with Crippen LogP contribution >= 0.6 is 0 Å². The minimum Gasteiger partial charge on any atom is -0.381 e. The first-order chi connectivity index (χ1) is 19.0. The molecule has 1 aromatic carbocycles. The fourth-order valence-corrected chi connectivity index (χ4v) is 8.56. The number of hydrogen-bond donors (Lipinski definition) is 1. The summed E-state index contributed by atoms with van der Waals surface area (Å²) in [5, 5.41) is 0. The summed E-state index contributed by atoms with van der Waals surface area (Å²) in [4.78, 5) is 37.7. The van der Waals surface area contributed by atoms with Gasteiger partial charge in [0.15, 0.2) is 11.6 Å². The molecule has 0 radical (unpaired) electrons. The van der Waals surface area contributed by atoms with Crippen LogP contribution in [-0.2, 0) is 0 Å². The van der Waals surface area contributed by atoms with Gasteiger partial charge in [-0.3, -0.25) is 9.69 Å². The zero-order valence-electron chi connectivity index (χ0n) is 22.3. The minimum atomic E-state index is -0.855. The third-order valence-electron chi connectivity index (χ3n) is 10.1. The van der Waals surface area contributed by atoms with Crippen molar-refractivity contribution in [1.82, 2.24) is 24.0 Å². The maximum Gasteiger partial charge on any atom is 0.355 e. The van der Waals surface area contributed by atoms with Crippen LogP contribution in [0.4, 0.5) is 10.2 Å². The van der Waals surface area contributed by atoms with E-state index in [2.05, 4.69) is 14.9 Å². The first-order valence-corrected chi connectivity index (χ1v) is 14.8. The molecule has 2 aromatic heterocycles. The summed E-state index contributed by atoms with van der Waals surface area (Å²) in [5.74, 6) is 0.271. The fraction of sp³-hybridized carbons (Fsp3) is 0.600. The number of anilines is 1. The number of aromatic nitrogens is 4. The van der Waals surface area contributed by atoms with Crippen molar-refractivity contribution in [3.63, 3.8) is 0 Å². The number of benzene rings is 1. The molecule has 0 unspecified atom stereocenters. The van der Waals surface area contributed by atoms with Crippen molar-refractivity contribution in [3.05, 3.63) is 57.1 Å². The largest absolute Gasteiger partial charge is 0.381 e. The number of nitrogens with zero attached hydrogens (tertiary/aromatic N) is 5. The predicted molar refractivity (Wildman–Crippen MR) is 148 cm³/mol. The van der Waals surface area contributed by atoms with Crippen LogP contribution in [-0.4, -0.2) is 42.1 Å². The van der Waals surface area contributed by atoms with Crippen molar-refractivity contribution >= 4 is 16.9 Å². The molecule has 8 nitrogen and oxygen atoms in total. The molecule has 4 heterocycles. The Kier molecular flexibility index (Phi) is 6.29. The Hall–Kier alpha value is -3.07. The highest BCUT2D eigenvalue weighted by atomic mass is 19.1. The molecule has 4 aliphatic rings. The van der Waals surface area contributed by atoms with Gasteiger partial charge in [0, 0.05) is 24.2 Å². The summed E-state index contributed by atoms with van der Waals surface area (Å²) in [5.41, 5.74) is 5.65. The molecule has 6 atom stereocenters. The summed E-state index contributed by atoms with van der Waals surface area (Å²) in [7, 11) is 0. The summed E-state index contributed by atoms with van der Waals surface area (Å²) in [6.45, 7) is 0. The lowest BCUT2D eigenvalue weighted by molar-refractivity contribution is -0.0420. The van der Waals surface area contributed by atoms with E-state index in [1.165, 1.54) is 51.4 Å². The predicted octanol–water partition coefficient (Wildman–Crippen LogP) is 4.58. The molecular weight excluding hydrogens is 495 g/mol.